The number of methoxy groups -OCH3 is 2. The number of benzene rings is 3. The van der Waals surface area contributed by atoms with Crippen LogP contribution >= 0.6 is 12.2 Å². The average Bonchev–Trinajstić information content (AvgIpc) is 2.80. The summed E-state index contributed by atoms with van der Waals surface area (Å²) in [7, 11) is 3.17. The van der Waals surface area contributed by atoms with Crippen molar-refractivity contribution in [3.05, 3.63) is 83.7 Å². The third kappa shape index (κ3) is 6.18. The number of amides is 1. The number of carbonyl (C=O) groups is 1. The van der Waals surface area contributed by atoms with E-state index in [0.717, 1.165) is 5.56 Å². The highest BCUT2D eigenvalue weighted by Crippen LogP contribution is 2.27. The molecule has 0 aliphatic heterocycles. The van der Waals surface area contributed by atoms with E-state index in [9.17, 15) is 9.18 Å². The van der Waals surface area contributed by atoms with Gasteiger partial charge in [0.2, 0.25) is 0 Å². The molecule has 32 heavy (non-hydrogen) atoms. The van der Waals surface area contributed by atoms with Gasteiger partial charge in [-0.3, -0.25) is 4.79 Å². The maximum Gasteiger partial charge on any atom is 0.253 e. The van der Waals surface area contributed by atoms with Crippen LogP contribution in [0.15, 0.2) is 66.7 Å². The fourth-order valence-corrected chi connectivity index (χ4v) is 3.29. The quantitative estimate of drug-likeness (QED) is 0.432. The van der Waals surface area contributed by atoms with E-state index in [4.69, 9.17) is 21.7 Å². The third-order valence-electron chi connectivity index (χ3n) is 4.67. The van der Waals surface area contributed by atoms with Crippen LogP contribution in [-0.2, 0) is 6.42 Å². The Hall–Kier alpha value is -3.65. The van der Waals surface area contributed by atoms with Crippen molar-refractivity contribution in [1.29, 1.82) is 0 Å². The second-order valence-corrected chi connectivity index (χ2v) is 7.24. The molecular weight excluding hydrogens is 429 g/mol. The minimum atomic E-state index is -0.329. The van der Waals surface area contributed by atoms with E-state index in [1.54, 1.807) is 44.6 Å². The lowest BCUT2D eigenvalue weighted by Gasteiger charge is -2.14. The summed E-state index contributed by atoms with van der Waals surface area (Å²) in [5.74, 6) is 0.751. The molecule has 0 radical (unpaired) electrons. The normalized spacial score (nSPS) is 10.2. The summed E-state index contributed by atoms with van der Waals surface area (Å²) >= 11 is 5.32. The maximum atomic E-state index is 13.1. The summed E-state index contributed by atoms with van der Waals surface area (Å²) in [6.07, 6.45) is 0.631. The van der Waals surface area contributed by atoms with Gasteiger partial charge in [0.1, 0.15) is 5.82 Å². The highest BCUT2D eigenvalue weighted by atomic mass is 32.1. The number of hydrogen-bond donors (Lipinski definition) is 3. The minimum absolute atomic E-state index is 0.224. The molecule has 3 N–H and O–H groups in total. The molecule has 0 aromatic heterocycles. The van der Waals surface area contributed by atoms with Gasteiger partial charge in [0, 0.05) is 12.2 Å². The van der Waals surface area contributed by atoms with Crippen LogP contribution in [0.25, 0.3) is 0 Å². The first kappa shape index (κ1) is 23.0. The zero-order valence-corrected chi connectivity index (χ0v) is 18.6. The van der Waals surface area contributed by atoms with Crippen LogP contribution in [0.3, 0.4) is 0 Å². The lowest BCUT2D eigenvalue weighted by atomic mass is 10.1. The van der Waals surface area contributed by atoms with Gasteiger partial charge in [0.25, 0.3) is 5.91 Å². The average molecular weight is 454 g/mol. The van der Waals surface area contributed by atoms with E-state index < -0.39 is 0 Å². The van der Waals surface area contributed by atoms with Gasteiger partial charge < -0.3 is 25.4 Å². The van der Waals surface area contributed by atoms with Crippen molar-refractivity contribution in [2.75, 3.05) is 31.4 Å². The zero-order chi connectivity index (χ0) is 22.9. The van der Waals surface area contributed by atoms with Crippen molar-refractivity contribution in [3.63, 3.8) is 0 Å². The molecule has 166 valence electrons. The lowest BCUT2D eigenvalue weighted by Crippen LogP contribution is -2.28. The van der Waals surface area contributed by atoms with Gasteiger partial charge in [0.15, 0.2) is 16.6 Å². The van der Waals surface area contributed by atoms with E-state index in [1.165, 1.54) is 12.1 Å². The van der Waals surface area contributed by atoms with Gasteiger partial charge >= 0.3 is 0 Å². The molecule has 6 nitrogen and oxygen atoms in total. The molecule has 0 unspecified atom stereocenters. The monoisotopic (exact) mass is 453 g/mol. The summed E-state index contributed by atoms with van der Waals surface area (Å²) in [4.78, 5) is 12.8. The van der Waals surface area contributed by atoms with Crippen molar-refractivity contribution in [2.24, 2.45) is 0 Å². The molecule has 0 bridgehead atoms. The van der Waals surface area contributed by atoms with Crippen LogP contribution in [0.1, 0.15) is 15.9 Å². The van der Waals surface area contributed by atoms with Gasteiger partial charge in [-0.15, -0.1) is 0 Å². The third-order valence-corrected chi connectivity index (χ3v) is 4.87. The van der Waals surface area contributed by atoms with Gasteiger partial charge in [-0.05, 0) is 72.7 Å². The standard InChI is InChI=1S/C24H24FN3O3S/c1-30-21-12-7-16(15-22(21)31-2)13-14-26-23(29)19-5-3-4-6-20(19)28-24(32)27-18-10-8-17(25)9-11-18/h3-12,15H,13-14H2,1-2H3,(H,26,29)(H2,27,28,32). The Morgan fingerprint density at radius 3 is 2.38 bits per heavy atom. The predicted molar refractivity (Wildman–Crippen MR) is 128 cm³/mol. The first-order valence-electron chi connectivity index (χ1n) is 9.92. The minimum Gasteiger partial charge on any atom is -0.493 e. The molecule has 3 aromatic rings. The fraction of sp³-hybridized carbons (Fsp3) is 0.167. The van der Waals surface area contributed by atoms with E-state index in [0.29, 0.717) is 46.5 Å². The molecule has 3 aromatic carbocycles. The van der Waals surface area contributed by atoms with Gasteiger partial charge in [-0.25, -0.2) is 4.39 Å². The van der Waals surface area contributed by atoms with Crippen molar-refractivity contribution >= 4 is 34.6 Å². The number of carbonyl (C=O) groups excluding carboxylic acids is 1. The molecule has 0 saturated carbocycles. The Kier molecular flexibility index (Phi) is 7.99. The number of hydrogen-bond acceptors (Lipinski definition) is 4. The number of para-hydroxylation sites is 1. The largest absolute Gasteiger partial charge is 0.493 e. The summed E-state index contributed by atoms with van der Waals surface area (Å²) in [6, 6.07) is 18.6. The molecule has 0 heterocycles. The Balaban J connectivity index is 1.59. The van der Waals surface area contributed by atoms with Gasteiger partial charge in [-0.1, -0.05) is 18.2 Å². The fourth-order valence-electron chi connectivity index (χ4n) is 3.06. The molecule has 1 amide bonds. The Labute approximate surface area is 191 Å². The van der Waals surface area contributed by atoms with Crippen LogP contribution in [0.5, 0.6) is 11.5 Å². The maximum absolute atomic E-state index is 13.1. The first-order chi connectivity index (χ1) is 15.5. The van der Waals surface area contributed by atoms with Crippen molar-refractivity contribution in [3.8, 4) is 11.5 Å². The van der Waals surface area contributed by atoms with E-state index >= 15 is 0 Å². The predicted octanol–water partition coefficient (Wildman–Crippen LogP) is 4.62. The van der Waals surface area contributed by atoms with Crippen LogP contribution in [0.4, 0.5) is 15.8 Å². The van der Waals surface area contributed by atoms with Crippen molar-refractivity contribution in [2.45, 2.75) is 6.42 Å². The number of anilines is 2. The molecule has 0 spiro atoms. The number of thiocarbonyl (C=S) groups is 1. The van der Waals surface area contributed by atoms with Gasteiger partial charge in [-0.2, -0.15) is 0 Å². The van der Waals surface area contributed by atoms with E-state index in [2.05, 4.69) is 16.0 Å². The highest BCUT2D eigenvalue weighted by molar-refractivity contribution is 7.80. The molecule has 0 atom stereocenters. The van der Waals surface area contributed by atoms with Crippen LogP contribution < -0.4 is 25.4 Å². The molecule has 0 aliphatic carbocycles. The summed E-state index contributed by atoms with van der Waals surface area (Å²) in [5, 5.41) is 9.21. The van der Waals surface area contributed by atoms with Crippen LogP contribution in [-0.4, -0.2) is 31.8 Å². The smallest absolute Gasteiger partial charge is 0.253 e. The molecule has 0 aliphatic rings. The number of rotatable bonds is 8. The van der Waals surface area contributed by atoms with Crippen molar-refractivity contribution < 1.29 is 18.7 Å². The van der Waals surface area contributed by atoms with Crippen LogP contribution in [0.2, 0.25) is 0 Å². The SMILES string of the molecule is COc1ccc(CCNC(=O)c2ccccc2NC(=S)Nc2ccc(F)cc2)cc1OC. The van der Waals surface area contributed by atoms with E-state index in [1.807, 2.05) is 24.3 Å². The topological polar surface area (TPSA) is 71.6 Å². The second kappa shape index (κ2) is 11.1. The number of nitrogens with one attached hydrogen (secondary N) is 3. The molecular formula is C24H24FN3O3S. The van der Waals surface area contributed by atoms with E-state index in [-0.39, 0.29) is 11.7 Å². The summed E-state index contributed by atoms with van der Waals surface area (Å²) in [6.45, 7) is 0.445. The van der Waals surface area contributed by atoms with Crippen molar-refractivity contribution in [1.82, 2.24) is 5.32 Å². The Bertz CT molecular complexity index is 1090. The number of halogens is 1. The Morgan fingerprint density at radius 1 is 0.938 bits per heavy atom. The second-order valence-electron chi connectivity index (χ2n) is 6.83. The molecule has 3 rings (SSSR count). The zero-order valence-electron chi connectivity index (χ0n) is 17.8. The molecule has 0 fully saturated rings. The molecule has 0 saturated heterocycles. The number of ether oxygens (including phenoxy) is 2. The van der Waals surface area contributed by atoms with Gasteiger partial charge in [0.05, 0.1) is 25.5 Å². The lowest BCUT2D eigenvalue weighted by molar-refractivity contribution is 0.0955. The van der Waals surface area contributed by atoms with Crippen LogP contribution in [0, 0.1) is 5.82 Å². The summed E-state index contributed by atoms with van der Waals surface area (Å²) in [5.41, 5.74) is 2.68. The highest BCUT2D eigenvalue weighted by Gasteiger charge is 2.12. The Morgan fingerprint density at radius 2 is 1.66 bits per heavy atom. The first-order valence-corrected chi connectivity index (χ1v) is 10.3. The summed E-state index contributed by atoms with van der Waals surface area (Å²) < 4.78 is 23.6. The molecule has 8 heteroatoms.